The van der Waals surface area contributed by atoms with Crippen LogP contribution >= 0.6 is 0 Å². The molecule has 0 aliphatic rings. The number of hydrogen-bond donors (Lipinski definition) is 1. The van der Waals surface area contributed by atoms with E-state index in [9.17, 15) is 0 Å². The lowest BCUT2D eigenvalue weighted by atomic mass is 10.0. The smallest absolute Gasteiger partial charge is 0.170 e. The molecule has 0 radical (unpaired) electrons. The van der Waals surface area contributed by atoms with Gasteiger partial charge in [-0.1, -0.05) is 25.1 Å². The van der Waals surface area contributed by atoms with Gasteiger partial charge in [-0.05, 0) is 19.4 Å². The third-order valence-corrected chi connectivity index (χ3v) is 3.30. The molecule has 102 valence electrons. The van der Waals surface area contributed by atoms with Crippen molar-refractivity contribution < 1.29 is 4.74 Å². The van der Waals surface area contributed by atoms with Crippen molar-refractivity contribution in [2.45, 2.75) is 32.9 Å². The van der Waals surface area contributed by atoms with Crippen molar-refractivity contribution in [1.82, 2.24) is 14.8 Å². The molecule has 1 unspecified atom stereocenters. The second-order valence-electron chi connectivity index (χ2n) is 4.56. The zero-order valence-electron chi connectivity index (χ0n) is 11.6. The van der Waals surface area contributed by atoms with Gasteiger partial charge in [0.1, 0.15) is 18.2 Å². The Kier molecular flexibility index (Phi) is 4.16. The fourth-order valence-electron chi connectivity index (χ4n) is 1.86. The van der Waals surface area contributed by atoms with Crippen molar-refractivity contribution in [2.24, 2.45) is 12.8 Å². The minimum atomic E-state index is -0.00238. The normalized spacial score (nSPS) is 12.4. The molecule has 0 aliphatic heterocycles. The number of aryl methyl sites for hydroxylation is 1. The summed E-state index contributed by atoms with van der Waals surface area (Å²) in [5.41, 5.74) is 7.12. The summed E-state index contributed by atoms with van der Waals surface area (Å²) in [5.74, 6) is 2.49. The van der Waals surface area contributed by atoms with Gasteiger partial charge in [0, 0.05) is 18.7 Å². The Bertz CT molecular complexity index is 550. The van der Waals surface area contributed by atoms with Crippen LogP contribution in [0, 0.1) is 6.92 Å². The monoisotopic (exact) mass is 260 g/mol. The molecule has 0 spiro atoms. The zero-order chi connectivity index (χ0) is 13.8. The molecule has 2 aromatic rings. The van der Waals surface area contributed by atoms with E-state index >= 15 is 0 Å². The molecule has 0 fully saturated rings. The molecule has 0 bridgehead atoms. The highest BCUT2D eigenvalue weighted by Crippen LogP contribution is 2.25. The fourth-order valence-corrected chi connectivity index (χ4v) is 1.86. The van der Waals surface area contributed by atoms with Crippen molar-refractivity contribution in [1.29, 1.82) is 0 Å². The number of nitrogens with zero attached hydrogens (tertiary/aromatic N) is 3. The van der Waals surface area contributed by atoms with E-state index in [1.165, 1.54) is 0 Å². The summed E-state index contributed by atoms with van der Waals surface area (Å²) in [6, 6.07) is 7.87. The molecule has 0 amide bonds. The molecule has 2 N–H and O–H groups in total. The molecule has 1 aromatic carbocycles. The van der Waals surface area contributed by atoms with Crippen molar-refractivity contribution >= 4 is 0 Å². The van der Waals surface area contributed by atoms with Crippen LogP contribution in [0.4, 0.5) is 0 Å². The highest BCUT2D eigenvalue weighted by atomic mass is 16.5. The Morgan fingerprint density at radius 3 is 2.68 bits per heavy atom. The minimum absolute atomic E-state index is 0.00238. The lowest BCUT2D eigenvalue weighted by Gasteiger charge is -2.15. The van der Waals surface area contributed by atoms with Crippen LogP contribution in [0.2, 0.25) is 0 Å². The Morgan fingerprint density at radius 1 is 1.32 bits per heavy atom. The van der Waals surface area contributed by atoms with Gasteiger partial charge in [0.25, 0.3) is 0 Å². The lowest BCUT2D eigenvalue weighted by Crippen LogP contribution is -2.11. The van der Waals surface area contributed by atoms with Crippen LogP contribution in [0.15, 0.2) is 24.3 Å². The molecular formula is C14H20N4O. The van der Waals surface area contributed by atoms with Crippen LogP contribution in [0.25, 0.3) is 0 Å². The summed E-state index contributed by atoms with van der Waals surface area (Å²) in [5, 5.41) is 8.09. The van der Waals surface area contributed by atoms with Gasteiger partial charge in [0.15, 0.2) is 5.82 Å². The lowest BCUT2D eigenvalue weighted by molar-refractivity contribution is 0.286. The maximum Gasteiger partial charge on any atom is 0.170 e. The Hall–Kier alpha value is -1.88. The first kappa shape index (κ1) is 13.5. The van der Waals surface area contributed by atoms with Crippen LogP contribution in [0.1, 0.15) is 36.6 Å². The molecule has 1 heterocycles. The quantitative estimate of drug-likeness (QED) is 0.894. The molecule has 5 nitrogen and oxygen atoms in total. The van der Waals surface area contributed by atoms with Crippen molar-refractivity contribution in [2.75, 3.05) is 0 Å². The van der Waals surface area contributed by atoms with Crippen LogP contribution in [-0.2, 0) is 13.7 Å². The van der Waals surface area contributed by atoms with Gasteiger partial charge >= 0.3 is 0 Å². The predicted molar refractivity (Wildman–Crippen MR) is 73.7 cm³/mol. The number of rotatable bonds is 5. The van der Waals surface area contributed by atoms with E-state index in [0.717, 1.165) is 29.4 Å². The second-order valence-corrected chi connectivity index (χ2v) is 4.56. The first-order valence-corrected chi connectivity index (χ1v) is 6.45. The third kappa shape index (κ3) is 2.93. The number of ether oxygens (including phenoxy) is 1. The topological polar surface area (TPSA) is 66.0 Å². The second kappa shape index (κ2) is 5.84. The van der Waals surface area contributed by atoms with Crippen LogP contribution in [0.3, 0.4) is 0 Å². The largest absolute Gasteiger partial charge is 0.485 e. The summed E-state index contributed by atoms with van der Waals surface area (Å²) in [4.78, 5) is 0. The SMILES string of the molecule is CCC(N)c1ccccc1OCc1nnc(C)n1C. The van der Waals surface area contributed by atoms with E-state index in [2.05, 4.69) is 17.1 Å². The van der Waals surface area contributed by atoms with Gasteiger partial charge in [-0.25, -0.2) is 0 Å². The highest BCUT2D eigenvalue weighted by Gasteiger charge is 2.11. The van der Waals surface area contributed by atoms with Gasteiger partial charge in [-0.3, -0.25) is 0 Å². The van der Waals surface area contributed by atoms with Crippen LogP contribution < -0.4 is 10.5 Å². The summed E-state index contributed by atoms with van der Waals surface area (Å²) >= 11 is 0. The molecular weight excluding hydrogens is 240 g/mol. The van der Waals surface area contributed by atoms with Gasteiger partial charge in [0.05, 0.1) is 0 Å². The maximum absolute atomic E-state index is 6.08. The van der Waals surface area contributed by atoms with Crippen LogP contribution in [-0.4, -0.2) is 14.8 Å². The number of benzene rings is 1. The Morgan fingerprint density at radius 2 is 2.05 bits per heavy atom. The number of nitrogens with two attached hydrogens (primary N) is 1. The third-order valence-electron chi connectivity index (χ3n) is 3.30. The minimum Gasteiger partial charge on any atom is -0.485 e. The predicted octanol–water partition coefficient (Wildman–Crippen LogP) is 2.11. The van der Waals surface area contributed by atoms with E-state index in [0.29, 0.717) is 6.61 Å². The molecule has 19 heavy (non-hydrogen) atoms. The van der Waals surface area contributed by atoms with Gasteiger partial charge < -0.3 is 15.0 Å². The fraction of sp³-hybridized carbons (Fsp3) is 0.429. The number of para-hydroxylation sites is 1. The highest BCUT2D eigenvalue weighted by molar-refractivity contribution is 5.35. The number of aromatic nitrogens is 3. The molecule has 0 aliphatic carbocycles. The molecule has 0 saturated carbocycles. The van der Waals surface area contributed by atoms with Crippen molar-refractivity contribution in [3.8, 4) is 5.75 Å². The molecule has 1 atom stereocenters. The molecule has 1 aromatic heterocycles. The van der Waals surface area contributed by atoms with Crippen LogP contribution in [0.5, 0.6) is 5.75 Å². The molecule has 2 rings (SSSR count). The summed E-state index contributed by atoms with van der Waals surface area (Å²) in [6.07, 6.45) is 0.878. The Balaban J connectivity index is 2.13. The van der Waals surface area contributed by atoms with Gasteiger partial charge in [-0.15, -0.1) is 10.2 Å². The average Bonchev–Trinajstić information content (AvgIpc) is 2.76. The summed E-state index contributed by atoms with van der Waals surface area (Å²) in [6.45, 7) is 4.37. The van der Waals surface area contributed by atoms with Gasteiger partial charge in [-0.2, -0.15) is 0 Å². The maximum atomic E-state index is 6.08. The first-order chi connectivity index (χ1) is 9.13. The standard InChI is InChI=1S/C14H20N4O/c1-4-12(15)11-7-5-6-8-13(11)19-9-14-17-16-10(2)18(14)3/h5-8,12H,4,9,15H2,1-3H3. The zero-order valence-corrected chi connectivity index (χ0v) is 11.6. The Labute approximate surface area is 113 Å². The summed E-state index contributed by atoms with van der Waals surface area (Å²) < 4.78 is 7.76. The van der Waals surface area contributed by atoms with Gasteiger partial charge in [0.2, 0.25) is 0 Å². The first-order valence-electron chi connectivity index (χ1n) is 6.45. The average molecular weight is 260 g/mol. The summed E-state index contributed by atoms with van der Waals surface area (Å²) in [7, 11) is 1.93. The van der Waals surface area contributed by atoms with E-state index in [4.69, 9.17) is 10.5 Å². The molecule has 0 saturated heterocycles. The van der Waals surface area contributed by atoms with E-state index in [1.807, 2.05) is 42.8 Å². The van der Waals surface area contributed by atoms with Crippen molar-refractivity contribution in [3.63, 3.8) is 0 Å². The number of hydrogen-bond acceptors (Lipinski definition) is 4. The van der Waals surface area contributed by atoms with E-state index in [1.54, 1.807) is 0 Å². The van der Waals surface area contributed by atoms with E-state index < -0.39 is 0 Å². The molecule has 5 heteroatoms. The van der Waals surface area contributed by atoms with Crippen molar-refractivity contribution in [3.05, 3.63) is 41.5 Å². The van der Waals surface area contributed by atoms with E-state index in [-0.39, 0.29) is 6.04 Å².